The lowest BCUT2D eigenvalue weighted by Crippen LogP contribution is -2.25. The Morgan fingerprint density at radius 2 is 2.05 bits per heavy atom. The van der Waals surface area contributed by atoms with Crippen LogP contribution >= 0.6 is 23.4 Å². The Kier molecular flexibility index (Phi) is 4.97. The Bertz CT molecular complexity index is 540. The van der Waals surface area contributed by atoms with E-state index in [0.29, 0.717) is 0 Å². The average Bonchev–Trinajstić information content (AvgIpc) is 2.81. The van der Waals surface area contributed by atoms with Crippen molar-refractivity contribution in [3.05, 3.63) is 52.9 Å². The van der Waals surface area contributed by atoms with Crippen LogP contribution in [0.25, 0.3) is 0 Å². The van der Waals surface area contributed by atoms with Crippen LogP contribution in [0.1, 0.15) is 29.9 Å². The molecule has 102 valence electrons. The number of rotatable bonds is 5. The van der Waals surface area contributed by atoms with Crippen molar-refractivity contribution in [2.24, 2.45) is 5.73 Å². The van der Waals surface area contributed by atoms with E-state index in [2.05, 4.69) is 6.92 Å². The van der Waals surface area contributed by atoms with Crippen LogP contribution in [0, 0.1) is 6.92 Å². The van der Waals surface area contributed by atoms with Gasteiger partial charge in [-0.1, -0.05) is 36.7 Å². The normalized spacial score (nSPS) is 14.3. The summed E-state index contributed by atoms with van der Waals surface area (Å²) in [4.78, 5) is 1.12. The molecule has 2 rings (SSSR count). The minimum Gasteiger partial charge on any atom is -0.468 e. The van der Waals surface area contributed by atoms with E-state index in [9.17, 15) is 0 Å². The maximum atomic E-state index is 6.31. The molecule has 4 heteroatoms. The summed E-state index contributed by atoms with van der Waals surface area (Å²) in [5, 5.41) is 0.903. The number of benzene rings is 1. The largest absolute Gasteiger partial charge is 0.468 e. The van der Waals surface area contributed by atoms with E-state index in [1.807, 2.05) is 37.3 Å². The lowest BCUT2D eigenvalue weighted by atomic mass is 10.0. The second-order valence-electron chi connectivity index (χ2n) is 4.47. The van der Waals surface area contributed by atoms with Gasteiger partial charge in [-0.3, -0.25) is 0 Å². The van der Waals surface area contributed by atoms with Crippen LogP contribution < -0.4 is 5.73 Å². The maximum absolute atomic E-state index is 6.31. The smallest absolute Gasteiger partial charge is 0.114 e. The fraction of sp³-hybridized carbons (Fsp3) is 0.333. The zero-order valence-electron chi connectivity index (χ0n) is 11.1. The Labute approximate surface area is 123 Å². The van der Waals surface area contributed by atoms with Crippen molar-refractivity contribution in [1.82, 2.24) is 0 Å². The van der Waals surface area contributed by atoms with E-state index in [1.165, 1.54) is 0 Å². The summed E-state index contributed by atoms with van der Waals surface area (Å²) in [6, 6.07) is 9.93. The SMILES string of the molecule is CCC(N)C(Sc1ccoc1C)c1ccccc1Cl. The van der Waals surface area contributed by atoms with Gasteiger partial charge in [0, 0.05) is 16.0 Å². The monoisotopic (exact) mass is 295 g/mol. The van der Waals surface area contributed by atoms with E-state index in [1.54, 1.807) is 18.0 Å². The zero-order chi connectivity index (χ0) is 13.8. The summed E-state index contributed by atoms with van der Waals surface area (Å²) in [5.74, 6) is 0.922. The molecule has 0 saturated carbocycles. The van der Waals surface area contributed by atoms with Crippen LogP contribution in [-0.2, 0) is 0 Å². The molecule has 2 nitrogen and oxygen atoms in total. The number of hydrogen-bond acceptors (Lipinski definition) is 3. The van der Waals surface area contributed by atoms with Gasteiger partial charge in [-0.25, -0.2) is 0 Å². The van der Waals surface area contributed by atoms with Crippen molar-refractivity contribution in [2.75, 3.05) is 0 Å². The zero-order valence-corrected chi connectivity index (χ0v) is 12.7. The van der Waals surface area contributed by atoms with Crippen molar-refractivity contribution < 1.29 is 4.42 Å². The van der Waals surface area contributed by atoms with Crippen LogP contribution in [0.4, 0.5) is 0 Å². The summed E-state index contributed by atoms with van der Waals surface area (Å²) in [7, 11) is 0. The molecule has 0 aliphatic rings. The van der Waals surface area contributed by atoms with Gasteiger partial charge in [0.05, 0.1) is 11.5 Å². The van der Waals surface area contributed by atoms with Crippen molar-refractivity contribution in [3.63, 3.8) is 0 Å². The standard InChI is InChI=1S/C15H18ClNOS/c1-3-13(17)15(11-6-4-5-7-12(11)16)19-14-8-9-18-10(14)2/h4-9,13,15H,3,17H2,1-2H3. The number of hydrogen-bond donors (Lipinski definition) is 1. The van der Waals surface area contributed by atoms with Gasteiger partial charge in [-0.15, -0.1) is 11.8 Å². The third-order valence-electron chi connectivity index (χ3n) is 3.14. The Hall–Kier alpha value is -0.900. The molecule has 0 fully saturated rings. The quantitative estimate of drug-likeness (QED) is 0.804. The van der Waals surface area contributed by atoms with E-state index < -0.39 is 0 Å². The summed E-state index contributed by atoms with van der Waals surface area (Å²) in [6.45, 7) is 4.06. The summed E-state index contributed by atoms with van der Waals surface area (Å²) in [6.07, 6.45) is 2.61. The summed E-state index contributed by atoms with van der Waals surface area (Å²) in [5.41, 5.74) is 7.36. The molecular formula is C15H18ClNOS. The van der Waals surface area contributed by atoms with E-state index in [-0.39, 0.29) is 11.3 Å². The third-order valence-corrected chi connectivity index (χ3v) is 5.02. The second kappa shape index (κ2) is 6.51. The van der Waals surface area contributed by atoms with E-state index in [0.717, 1.165) is 27.7 Å². The molecule has 0 aliphatic heterocycles. The molecule has 0 radical (unpaired) electrons. The third kappa shape index (κ3) is 3.35. The van der Waals surface area contributed by atoms with Gasteiger partial charge in [-0.2, -0.15) is 0 Å². The van der Waals surface area contributed by atoms with Crippen molar-refractivity contribution in [2.45, 2.75) is 36.5 Å². The number of aryl methyl sites for hydroxylation is 1. The van der Waals surface area contributed by atoms with Crippen LogP contribution in [0.15, 0.2) is 45.9 Å². The molecule has 0 amide bonds. The first-order valence-electron chi connectivity index (χ1n) is 6.34. The maximum Gasteiger partial charge on any atom is 0.114 e. The first kappa shape index (κ1) is 14.5. The number of thioether (sulfide) groups is 1. The Morgan fingerprint density at radius 3 is 2.63 bits per heavy atom. The van der Waals surface area contributed by atoms with Gasteiger partial charge >= 0.3 is 0 Å². The number of halogens is 1. The highest BCUT2D eigenvalue weighted by Gasteiger charge is 2.23. The molecule has 0 spiro atoms. The van der Waals surface area contributed by atoms with Gasteiger partial charge in [0.1, 0.15) is 5.76 Å². The molecule has 19 heavy (non-hydrogen) atoms. The van der Waals surface area contributed by atoms with E-state index >= 15 is 0 Å². The lowest BCUT2D eigenvalue weighted by molar-refractivity contribution is 0.526. The molecule has 2 N–H and O–H groups in total. The average molecular weight is 296 g/mol. The molecule has 2 atom stereocenters. The van der Waals surface area contributed by atoms with Crippen molar-refractivity contribution in [1.29, 1.82) is 0 Å². The molecule has 1 aromatic carbocycles. The molecule has 0 saturated heterocycles. The van der Waals surface area contributed by atoms with Crippen LogP contribution in [0.3, 0.4) is 0 Å². The molecule has 0 bridgehead atoms. The highest BCUT2D eigenvalue weighted by molar-refractivity contribution is 7.99. The lowest BCUT2D eigenvalue weighted by Gasteiger charge is -2.23. The van der Waals surface area contributed by atoms with Crippen LogP contribution in [-0.4, -0.2) is 6.04 Å². The fourth-order valence-corrected chi connectivity index (χ4v) is 3.57. The summed E-state index contributed by atoms with van der Waals surface area (Å²) >= 11 is 8.03. The Balaban J connectivity index is 2.32. The van der Waals surface area contributed by atoms with Crippen molar-refractivity contribution >= 4 is 23.4 Å². The topological polar surface area (TPSA) is 39.2 Å². The summed E-state index contributed by atoms with van der Waals surface area (Å²) < 4.78 is 5.35. The molecular weight excluding hydrogens is 278 g/mol. The molecule has 0 aliphatic carbocycles. The van der Waals surface area contributed by atoms with Crippen LogP contribution in [0.2, 0.25) is 5.02 Å². The Morgan fingerprint density at radius 1 is 1.32 bits per heavy atom. The minimum atomic E-state index is 0.0548. The first-order valence-corrected chi connectivity index (χ1v) is 7.60. The van der Waals surface area contributed by atoms with E-state index in [4.69, 9.17) is 21.8 Å². The predicted octanol–water partition coefficient (Wildman–Crippen LogP) is 4.81. The van der Waals surface area contributed by atoms with Gasteiger partial charge in [0.15, 0.2) is 0 Å². The number of nitrogens with two attached hydrogens (primary N) is 1. The molecule has 2 unspecified atom stereocenters. The fourth-order valence-electron chi connectivity index (χ4n) is 1.93. The van der Waals surface area contributed by atoms with Gasteiger partial charge in [-0.05, 0) is 31.0 Å². The molecule has 1 heterocycles. The second-order valence-corrected chi connectivity index (χ2v) is 6.06. The molecule has 2 aromatic rings. The first-order chi connectivity index (χ1) is 9.13. The molecule has 1 aromatic heterocycles. The van der Waals surface area contributed by atoms with Gasteiger partial charge < -0.3 is 10.2 Å². The van der Waals surface area contributed by atoms with Crippen molar-refractivity contribution in [3.8, 4) is 0 Å². The van der Waals surface area contributed by atoms with Crippen LogP contribution in [0.5, 0.6) is 0 Å². The minimum absolute atomic E-state index is 0.0548. The highest BCUT2D eigenvalue weighted by atomic mass is 35.5. The van der Waals surface area contributed by atoms with Gasteiger partial charge in [0.25, 0.3) is 0 Å². The predicted molar refractivity (Wildman–Crippen MR) is 81.8 cm³/mol. The van der Waals surface area contributed by atoms with Gasteiger partial charge in [0.2, 0.25) is 0 Å². The number of furan rings is 1. The highest BCUT2D eigenvalue weighted by Crippen LogP contribution is 2.42.